The first-order valence-corrected chi connectivity index (χ1v) is 5.97. The maximum absolute atomic E-state index is 12.9. The molecule has 1 aromatic carbocycles. The molecular weight excluding hydrogens is 310 g/mol. The van der Waals surface area contributed by atoms with Gasteiger partial charge in [0.05, 0.1) is 5.69 Å². The fourth-order valence-electron chi connectivity index (χ4n) is 1.75. The first-order valence-electron chi connectivity index (χ1n) is 5.97. The summed E-state index contributed by atoms with van der Waals surface area (Å²) in [6.07, 6.45) is -3.00. The van der Waals surface area contributed by atoms with E-state index in [1.54, 1.807) is 12.1 Å². The van der Waals surface area contributed by atoms with Crippen LogP contribution in [0.5, 0.6) is 0 Å². The van der Waals surface area contributed by atoms with E-state index in [0.717, 1.165) is 10.2 Å². The quantitative estimate of drug-likeness (QED) is 0.856. The van der Waals surface area contributed by atoms with Gasteiger partial charge in [-0.1, -0.05) is 12.1 Å². The monoisotopic (exact) mass is 323 g/mol. The molecule has 0 fully saturated rings. The van der Waals surface area contributed by atoms with Crippen LogP contribution in [0.25, 0.3) is 0 Å². The maximum atomic E-state index is 12.9. The van der Waals surface area contributed by atoms with E-state index in [1.165, 1.54) is 24.4 Å². The maximum Gasteiger partial charge on any atom is 0.408 e. The Kier molecular flexibility index (Phi) is 6.17. The summed E-state index contributed by atoms with van der Waals surface area (Å²) in [7, 11) is 0. The Morgan fingerprint density at radius 3 is 2.57 bits per heavy atom. The minimum Gasteiger partial charge on any atom is -0.307 e. The molecule has 0 atom stereocenters. The molecular formula is C13H14ClF4N3. The highest BCUT2D eigenvalue weighted by molar-refractivity contribution is 5.85. The first-order chi connectivity index (χ1) is 9.42. The number of nitrogens with zero attached hydrogens (tertiary/aromatic N) is 2. The van der Waals surface area contributed by atoms with Crippen molar-refractivity contribution in [3.63, 3.8) is 0 Å². The van der Waals surface area contributed by atoms with Crippen LogP contribution < -0.4 is 5.32 Å². The van der Waals surface area contributed by atoms with Gasteiger partial charge < -0.3 is 5.32 Å². The zero-order valence-corrected chi connectivity index (χ0v) is 11.7. The van der Waals surface area contributed by atoms with Gasteiger partial charge in [-0.2, -0.15) is 18.3 Å². The molecule has 0 aliphatic heterocycles. The van der Waals surface area contributed by atoms with Gasteiger partial charge in [0, 0.05) is 19.3 Å². The van der Waals surface area contributed by atoms with E-state index in [0.29, 0.717) is 18.8 Å². The van der Waals surface area contributed by atoms with Crippen molar-refractivity contribution in [1.82, 2.24) is 15.1 Å². The number of hydrogen-bond acceptors (Lipinski definition) is 2. The summed E-state index contributed by atoms with van der Waals surface area (Å²) in [6, 6.07) is 7.63. The molecule has 0 saturated heterocycles. The second-order valence-corrected chi connectivity index (χ2v) is 4.35. The molecule has 0 radical (unpaired) electrons. The Morgan fingerprint density at radius 1 is 1.14 bits per heavy atom. The van der Waals surface area contributed by atoms with Gasteiger partial charge in [0.1, 0.15) is 12.4 Å². The molecule has 2 rings (SSSR count). The normalized spacial score (nSPS) is 11.2. The standard InChI is InChI=1S/C13H13F4N3.ClH/c14-11-3-1-2-10(6-11)7-18-8-12-4-5-20(19-12)9-13(15,16)17;/h1-6,18H,7-9H2;1H. The number of hydrogen-bond donors (Lipinski definition) is 1. The van der Waals surface area contributed by atoms with Crippen molar-refractivity contribution >= 4 is 12.4 Å². The number of halogens is 5. The van der Waals surface area contributed by atoms with Gasteiger partial charge in [0.2, 0.25) is 0 Å². The molecule has 0 unspecified atom stereocenters. The van der Waals surface area contributed by atoms with Gasteiger partial charge >= 0.3 is 6.18 Å². The van der Waals surface area contributed by atoms with E-state index in [9.17, 15) is 17.6 Å². The lowest BCUT2D eigenvalue weighted by molar-refractivity contribution is -0.142. The fraction of sp³-hybridized carbons (Fsp3) is 0.308. The van der Waals surface area contributed by atoms with Crippen LogP contribution in [-0.2, 0) is 19.6 Å². The van der Waals surface area contributed by atoms with Crippen molar-refractivity contribution in [3.05, 3.63) is 53.6 Å². The number of benzene rings is 1. The average Bonchev–Trinajstić information content (AvgIpc) is 2.74. The van der Waals surface area contributed by atoms with Crippen molar-refractivity contribution in [1.29, 1.82) is 0 Å². The zero-order chi connectivity index (χ0) is 14.6. The fourth-order valence-corrected chi connectivity index (χ4v) is 1.75. The highest BCUT2D eigenvalue weighted by Crippen LogP contribution is 2.16. The predicted octanol–water partition coefficient (Wildman–Crippen LogP) is 3.30. The molecule has 8 heteroatoms. The molecule has 1 aromatic heterocycles. The van der Waals surface area contributed by atoms with Crippen LogP contribution in [0.3, 0.4) is 0 Å². The molecule has 0 bridgehead atoms. The van der Waals surface area contributed by atoms with Crippen molar-refractivity contribution in [2.24, 2.45) is 0 Å². The van der Waals surface area contributed by atoms with Crippen molar-refractivity contribution in [2.75, 3.05) is 0 Å². The highest BCUT2D eigenvalue weighted by atomic mass is 35.5. The molecule has 2 aromatic rings. The predicted molar refractivity (Wildman–Crippen MR) is 72.5 cm³/mol. The lowest BCUT2D eigenvalue weighted by Crippen LogP contribution is -2.19. The van der Waals surface area contributed by atoms with Crippen LogP contribution in [0, 0.1) is 5.82 Å². The van der Waals surface area contributed by atoms with Crippen LogP contribution in [0.2, 0.25) is 0 Å². The van der Waals surface area contributed by atoms with Crippen LogP contribution in [0.4, 0.5) is 17.6 Å². The lowest BCUT2D eigenvalue weighted by atomic mass is 10.2. The Morgan fingerprint density at radius 2 is 1.90 bits per heavy atom. The Labute approximate surface area is 125 Å². The topological polar surface area (TPSA) is 29.9 Å². The van der Waals surface area contributed by atoms with E-state index >= 15 is 0 Å². The van der Waals surface area contributed by atoms with E-state index < -0.39 is 12.7 Å². The summed E-state index contributed by atoms with van der Waals surface area (Å²) in [5, 5.41) is 6.80. The lowest BCUT2D eigenvalue weighted by Gasteiger charge is -2.06. The van der Waals surface area contributed by atoms with Gasteiger partial charge in [0.25, 0.3) is 0 Å². The van der Waals surface area contributed by atoms with Gasteiger partial charge in [-0.05, 0) is 23.8 Å². The van der Waals surface area contributed by atoms with Crippen LogP contribution in [0.15, 0.2) is 36.5 Å². The molecule has 1 heterocycles. The Balaban J connectivity index is 0.00000220. The molecule has 3 nitrogen and oxygen atoms in total. The average molecular weight is 324 g/mol. The van der Waals surface area contributed by atoms with Crippen molar-refractivity contribution in [3.8, 4) is 0 Å². The SMILES string of the molecule is Cl.Fc1cccc(CNCc2ccn(CC(F)(F)F)n2)c1. The molecule has 0 spiro atoms. The number of alkyl halides is 3. The summed E-state index contributed by atoms with van der Waals surface area (Å²) in [5.41, 5.74) is 1.27. The summed E-state index contributed by atoms with van der Waals surface area (Å²) < 4.78 is 50.2. The zero-order valence-electron chi connectivity index (χ0n) is 10.9. The molecule has 21 heavy (non-hydrogen) atoms. The molecule has 0 aliphatic carbocycles. The van der Waals surface area contributed by atoms with Crippen molar-refractivity contribution in [2.45, 2.75) is 25.8 Å². The van der Waals surface area contributed by atoms with Crippen LogP contribution >= 0.6 is 12.4 Å². The minimum absolute atomic E-state index is 0. The van der Waals surface area contributed by atoms with Crippen LogP contribution in [0.1, 0.15) is 11.3 Å². The summed E-state index contributed by atoms with van der Waals surface area (Å²) in [5.74, 6) is -0.321. The molecule has 0 aliphatic rings. The van der Waals surface area contributed by atoms with E-state index in [2.05, 4.69) is 10.4 Å². The number of aromatic nitrogens is 2. The van der Waals surface area contributed by atoms with Crippen molar-refractivity contribution < 1.29 is 17.6 Å². The van der Waals surface area contributed by atoms with E-state index in [-0.39, 0.29) is 18.2 Å². The number of rotatable bonds is 5. The third-order valence-electron chi connectivity index (χ3n) is 2.56. The Hall–Kier alpha value is -1.60. The molecule has 1 N–H and O–H groups in total. The largest absolute Gasteiger partial charge is 0.408 e. The molecule has 0 amide bonds. The van der Waals surface area contributed by atoms with Gasteiger partial charge in [-0.3, -0.25) is 4.68 Å². The molecule has 116 valence electrons. The molecule has 0 saturated carbocycles. The summed E-state index contributed by atoms with van der Waals surface area (Å²) in [6.45, 7) is -0.359. The van der Waals surface area contributed by atoms with Gasteiger partial charge in [0.15, 0.2) is 0 Å². The van der Waals surface area contributed by atoms with Gasteiger partial charge in [-0.15, -0.1) is 12.4 Å². The number of nitrogens with one attached hydrogen (secondary N) is 1. The Bertz CT molecular complexity index is 569. The first kappa shape index (κ1) is 17.5. The smallest absolute Gasteiger partial charge is 0.307 e. The van der Waals surface area contributed by atoms with Crippen LogP contribution in [-0.4, -0.2) is 16.0 Å². The van der Waals surface area contributed by atoms with E-state index in [4.69, 9.17) is 0 Å². The minimum atomic E-state index is -4.28. The third-order valence-corrected chi connectivity index (χ3v) is 2.56. The second-order valence-electron chi connectivity index (χ2n) is 4.35. The van der Waals surface area contributed by atoms with E-state index in [1.807, 2.05) is 0 Å². The third kappa shape index (κ3) is 6.14. The summed E-state index contributed by atoms with van der Waals surface area (Å²) in [4.78, 5) is 0. The second kappa shape index (κ2) is 7.42. The summed E-state index contributed by atoms with van der Waals surface area (Å²) >= 11 is 0. The highest BCUT2D eigenvalue weighted by Gasteiger charge is 2.28. The van der Waals surface area contributed by atoms with Gasteiger partial charge in [-0.25, -0.2) is 4.39 Å².